The van der Waals surface area contributed by atoms with E-state index in [-0.39, 0.29) is 0 Å². The van der Waals surface area contributed by atoms with Gasteiger partial charge in [-0.1, -0.05) is 36.4 Å². The Morgan fingerprint density at radius 1 is 0.906 bits per heavy atom. The minimum atomic E-state index is 0.354. The van der Waals surface area contributed by atoms with Crippen LogP contribution in [0.2, 0.25) is 0 Å². The predicted octanol–water partition coefficient (Wildman–Crippen LogP) is 4.98. The Morgan fingerprint density at radius 2 is 1.72 bits per heavy atom. The first-order valence-corrected chi connectivity index (χ1v) is 11.2. The molecule has 5 rings (SSSR count). The third-order valence-corrected chi connectivity index (χ3v) is 6.78. The van der Waals surface area contributed by atoms with Crippen LogP contribution < -0.4 is 19.5 Å². The number of nitrogens with zero attached hydrogens (tertiary/aromatic N) is 1. The summed E-state index contributed by atoms with van der Waals surface area (Å²) in [5, 5.41) is 3.60. The number of rotatable bonds is 6. The normalized spacial score (nSPS) is 17.0. The van der Waals surface area contributed by atoms with Crippen molar-refractivity contribution in [3.05, 3.63) is 82.4 Å². The Morgan fingerprint density at radius 3 is 2.47 bits per heavy atom. The van der Waals surface area contributed by atoms with Crippen molar-refractivity contribution in [2.75, 3.05) is 33.2 Å². The van der Waals surface area contributed by atoms with Gasteiger partial charge in [0.2, 0.25) is 0 Å². The maximum absolute atomic E-state index is 5.74. The topological polar surface area (TPSA) is 43.0 Å². The molecule has 1 atom stereocenters. The lowest BCUT2D eigenvalue weighted by Crippen LogP contribution is -2.39. The van der Waals surface area contributed by atoms with E-state index in [2.05, 4.69) is 52.7 Å². The van der Waals surface area contributed by atoms with Gasteiger partial charge in [0.25, 0.3) is 0 Å². The summed E-state index contributed by atoms with van der Waals surface area (Å²) in [5.74, 6) is 2.59. The average molecular weight is 431 g/mol. The molecule has 5 nitrogen and oxygen atoms in total. The van der Waals surface area contributed by atoms with Gasteiger partial charge in [-0.2, -0.15) is 0 Å². The molecule has 2 heterocycles. The third-order valence-electron chi connectivity index (χ3n) is 6.78. The van der Waals surface area contributed by atoms with Gasteiger partial charge in [0, 0.05) is 31.2 Å². The van der Waals surface area contributed by atoms with Gasteiger partial charge >= 0.3 is 0 Å². The minimum absolute atomic E-state index is 0.354. The molecule has 5 heteroatoms. The van der Waals surface area contributed by atoms with Crippen molar-refractivity contribution in [2.45, 2.75) is 32.0 Å². The zero-order valence-electron chi connectivity index (χ0n) is 19.0. The van der Waals surface area contributed by atoms with Gasteiger partial charge in [-0.3, -0.25) is 4.90 Å². The van der Waals surface area contributed by atoms with Crippen LogP contribution in [-0.2, 0) is 25.9 Å². The number of benzene rings is 3. The highest BCUT2D eigenvalue weighted by molar-refractivity contribution is 5.62. The molecule has 0 aromatic heterocycles. The summed E-state index contributed by atoms with van der Waals surface area (Å²) < 4.78 is 17.0. The second kappa shape index (κ2) is 8.75. The largest absolute Gasteiger partial charge is 0.495 e. The van der Waals surface area contributed by atoms with Crippen LogP contribution in [0.4, 0.5) is 5.69 Å². The number of methoxy groups -OCH3 is 3. The number of hydrogen-bond donors (Lipinski definition) is 1. The van der Waals surface area contributed by atoms with Crippen LogP contribution in [0.25, 0.3) is 0 Å². The standard InChI is InChI=1S/C27H30N2O3/c1-30-25-10-9-19-13-24-21-15-23(28-16-18-7-5-4-6-8-18)26(31-2)14-20(21)11-12-29(24)17-22(19)27(25)32-3/h4-10,14-15,24,28H,11-13,16-17H2,1-3H3/t24-/m0/s1. The minimum Gasteiger partial charge on any atom is -0.495 e. The van der Waals surface area contributed by atoms with Crippen molar-refractivity contribution in [1.82, 2.24) is 4.90 Å². The summed E-state index contributed by atoms with van der Waals surface area (Å²) in [6, 6.07) is 19.6. The zero-order chi connectivity index (χ0) is 22.1. The Labute approximate surface area is 189 Å². The molecule has 2 aliphatic heterocycles. The molecule has 166 valence electrons. The van der Waals surface area contributed by atoms with E-state index in [1.54, 1.807) is 21.3 Å². The van der Waals surface area contributed by atoms with Crippen LogP contribution >= 0.6 is 0 Å². The van der Waals surface area contributed by atoms with E-state index in [4.69, 9.17) is 14.2 Å². The van der Waals surface area contributed by atoms with Crippen LogP contribution in [0.1, 0.15) is 33.9 Å². The van der Waals surface area contributed by atoms with Crippen LogP contribution in [-0.4, -0.2) is 32.8 Å². The van der Waals surface area contributed by atoms with Gasteiger partial charge in [0.1, 0.15) is 5.75 Å². The summed E-state index contributed by atoms with van der Waals surface area (Å²) in [6.45, 7) is 2.67. The SMILES string of the molecule is COc1cc2c(cc1NCc1ccccc1)[C@@H]1Cc3ccc(OC)c(OC)c3CN1CC2. The van der Waals surface area contributed by atoms with Gasteiger partial charge in [-0.05, 0) is 53.3 Å². The lowest BCUT2D eigenvalue weighted by Gasteiger charge is -2.42. The van der Waals surface area contributed by atoms with Gasteiger partial charge in [0.15, 0.2) is 11.5 Å². The average Bonchev–Trinajstić information content (AvgIpc) is 2.85. The number of anilines is 1. The number of ether oxygens (including phenoxy) is 3. The molecule has 3 aromatic rings. The number of hydrogen-bond acceptors (Lipinski definition) is 5. The van der Waals surface area contributed by atoms with Crippen molar-refractivity contribution in [2.24, 2.45) is 0 Å². The van der Waals surface area contributed by atoms with Gasteiger partial charge in [-0.25, -0.2) is 0 Å². The maximum atomic E-state index is 5.74. The molecule has 2 aliphatic rings. The molecule has 0 fully saturated rings. The molecule has 0 unspecified atom stereocenters. The molecular weight excluding hydrogens is 400 g/mol. The van der Waals surface area contributed by atoms with Crippen LogP contribution in [0.15, 0.2) is 54.6 Å². The Hall–Kier alpha value is -3.18. The van der Waals surface area contributed by atoms with Gasteiger partial charge in [-0.15, -0.1) is 0 Å². The first-order chi connectivity index (χ1) is 15.7. The fourth-order valence-electron chi connectivity index (χ4n) is 5.12. The van der Waals surface area contributed by atoms with Crippen molar-refractivity contribution >= 4 is 5.69 Å². The number of fused-ring (bicyclic) bond motifs is 4. The molecule has 0 amide bonds. The molecule has 0 saturated heterocycles. The second-order valence-electron chi connectivity index (χ2n) is 8.47. The number of nitrogens with one attached hydrogen (secondary N) is 1. The van der Waals surface area contributed by atoms with Crippen LogP contribution in [0, 0.1) is 0 Å². The third kappa shape index (κ3) is 3.67. The summed E-state index contributed by atoms with van der Waals surface area (Å²) in [5.41, 5.74) is 7.68. The highest BCUT2D eigenvalue weighted by Crippen LogP contribution is 2.45. The monoisotopic (exact) mass is 430 g/mol. The molecule has 32 heavy (non-hydrogen) atoms. The van der Waals surface area contributed by atoms with Crippen molar-refractivity contribution < 1.29 is 14.2 Å². The molecule has 0 radical (unpaired) electrons. The van der Waals surface area contributed by atoms with Crippen LogP contribution in [0.5, 0.6) is 17.2 Å². The maximum Gasteiger partial charge on any atom is 0.165 e. The quantitative estimate of drug-likeness (QED) is 0.597. The lowest BCUT2D eigenvalue weighted by molar-refractivity contribution is 0.157. The summed E-state index contributed by atoms with van der Waals surface area (Å²) in [4.78, 5) is 2.57. The smallest absolute Gasteiger partial charge is 0.165 e. The van der Waals surface area contributed by atoms with Gasteiger partial charge < -0.3 is 19.5 Å². The first-order valence-electron chi connectivity index (χ1n) is 11.2. The van der Waals surface area contributed by atoms with E-state index in [1.807, 2.05) is 12.1 Å². The molecule has 1 N–H and O–H groups in total. The first kappa shape index (κ1) is 20.7. The Bertz CT molecular complexity index is 1110. The van der Waals surface area contributed by atoms with E-state index in [0.717, 1.165) is 55.4 Å². The van der Waals surface area contributed by atoms with Crippen LogP contribution in [0.3, 0.4) is 0 Å². The van der Waals surface area contributed by atoms with Crippen molar-refractivity contribution in [1.29, 1.82) is 0 Å². The van der Waals surface area contributed by atoms with E-state index in [1.165, 1.54) is 27.8 Å². The molecule has 0 aliphatic carbocycles. The fraction of sp³-hybridized carbons (Fsp3) is 0.333. The van der Waals surface area contributed by atoms with E-state index >= 15 is 0 Å². The molecule has 0 spiro atoms. The van der Waals surface area contributed by atoms with Crippen molar-refractivity contribution in [3.8, 4) is 17.2 Å². The van der Waals surface area contributed by atoms with E-state index in [9.17, 15) is 0 Å². The Balaban J connectivity index is 1.47. The highest BCUT2D eigenvalue weighted by Gasteiger charge is 2.34. The second-order valence-corrected chi connectivity index (χ2v) is 8.47. The van der Waals surface area contributed by atoms with E-state index in [0.29, 0.717) is 6.04 Å². The van der Waals surface area contributed by atoms with E-state index < -0.39 is 0 Å². The molecular formula is C27H30N2O3. The molecule has 3 aromatic carbocycles. The van der Waals surface area contributed by atoms with Crippen molar-refractivity contribution in [3.63, 3.8) is 0 Å². The Kier molecular flexibility index (Phi) is 5.66. The summed E-state index contributed by atoms with van der Waals surface area (Å²) >= 11 is 0. The molecule has 0 saturated carbocycles. The highest BCUT2D eigenvalue weighted by atomic mass is 16.5. The predicted molar refractivity (Wildman–Crippen MR) is 127 cm³/mol. The summed E-state index contributed by atoms with van der Waals surface area (Å²) in [6.07, 6.45) is 1.98. The zero-order valence-corrected chi connectivity index (χ0v) is 19.0. The molecule has 0 bridgehead atoms. The fourth-order valence-corrected chi connectivity index (χ4v) is 5.12. The lowest BCUT2D eigenvalue weighted by atomic mass is 9.83. The van der Waals surface area contributed by atoms with Gasteiger partial charge in [0.05, 0.1) is 27.0 Å². The summed E-state index contributed by atoms with van der Waals surface area (Å²) in [7, 11) is 5.18.